The van der Waals surface area contributed by atoms with E-state index in [1.807, 2.05) is 0 Å². The molecule has 0 atom stereocenters. The summed E-state index contributed by atoms with van der Waals surface area (Å²) in [5.41, 5.74) is 10.6. The molecule has 11 aromatic carbocycles. The minimum atomic E-state index is -0.151. The Morgan fingerprint density at radius 3 is 1.38 bits per heavy atom. The second-order valence-electron chi connectivity index (χ2n) is 16.0. The molecule has 0 saturated carbocycles. The summed E-state index contributed by atoms with van der Waals surface area (Å²) in [4.78, 5) is 0. The SMILES string of the molecule is CC1(C)c2cc3ccccc3cc2-c2c1c1ccc(-c3c4ccccc4c(-c4cc5ccccc5c5ccccc45)c4ccccc34)cc1c1ccccc21. The van der Waals surface area contributed by atoms with Gasteiger partial charge in [0.1, 0.15) is 0 Å². The Bertz CT molecular complexity index is 3390. The van der Waals surface area contributed by atoms with Crippen LogP contribution in [0.5, 0.6) is 0 Å². The molecule has 0 fully saturated rings. The van der Waals surface area contributed by atoms with Gasteiger partial charge in [-0.15, -0.1) is 0 Å². The van der Waals surface area contributed by atoms with Crippen LogP contribution in [0.15, 0.2) is 182 Å². The lowest BCUT2D eigenvalue weighted by Gasteiger charge is -2.25. The van der Waals surface area contributed by atoms with E-state index < -0.39 is 0 Å². The van der Waals surface area contributed by atoms with E-state index in [2.05, 4.69) is 196 Å². The summed E-state index contributed by atoms with van der Waals surface area (Å²) in [5.74, 6) is 0. The molecule has 0 spiro atoms. The van der Waals surface area contributed by atoms with Crippen LogP contribution in [0.25, 0.3) is 109 Å². The molecule has 0 heterocycles. The van der Waals surface area contributed by atoms with Crippen LogP contribution in [0.3, 0.4) is 0 Å². The van der Waals surface area contributed by atoms with Gasteiger partial charge in [-0.25, -0.2) is 0 Å². The van der Waals surface area contributed by atoms with Gasteiger partial charge in [0.25, 0.3) is 0 Å². The Kier molecular flexibility index (Phi) is 6.21. The highest BCUT2D eigenvalue weighted by Crippen LogP contribution is 2.56. The van der Waals surface area contributed by atoms with Crippen LogP contribution < -0.4 is 0 Å². The highest BCUT2D eigenvalue weighted by Gasteiger charge is 2.38. The highest BCUT2D eigenvalue weighted by molar-refractivity contribution is 6.27. The van der Waals surface area contributed by atoms with Crippen LogP contribution >= 0.6 is 0 Å². The van der Waals surface area contributed by atoms with E-state index in [0.717, 1.165) is 0 Å². The van der Waals surface area contributed by atoms with Crippen LogP contribution in [-0.2, 0) is 5.41 Å². The predicted octanol–water partition coefficient (Wildman–Crippen LogP) is 15.4. The van der Waals surface area contributed by atoms with Gasteiger partial charge in [-0.1, -0.05) is 172 Å². The maximum Gasteiger partial charge on any atom is 0.0165 e. The third-order valence-electron chi connectivity index (χ3n) is 12.7. The van der Waals surface area contributed by atoms with Gasteiger partial charge in [-0.2, -0.15) is 0 Å². The van der Waals surface area contributed by atoms with Gasteiger partial charge in [0.2, 0.25) is 0 Å². The molecule has 12 rings (SSSR count). The van der Waals surface area contributed by atoms with E-state index in [-0.39, 0.29) is 5.41 Å². The lowest BCUT2D eigenvalue weighted by atomic mass is 9.78. The van der Waals surface area contributed by atoms with E-state index >= 15 is 0 Å². The molecule has 1 aliphatic carbocycles. The van der Waals surface area contributed by atoms with Crippen molar-refractivity contribution in [2.24, 2.45) is 0 Å². The zero-order valence-corrected chi connectivity index (χ0v) is 30.8. The van der Waals surface area contributed by atoms with Crippen LogP contribution in [0.1, 0.15) is 25.0 Å². The largest absolute Gasteiger partial charge is 0.0616 e. The molecule has 55 heavy (non-hydrogen) atoms. The molecular formula is C55H36. The highest BCUT2D eigenvalue weighted by atomic mass is 14.4. The molecule has 0 radical (unpaired) electrons. The smallest absolute Gasteiger partial charge is 0.0165 e. The lowest BCUT2D eigenvalue weighted by Crippen LogP contribution is -2.15. The molecule has 0 unspecified atom stereocenters. The summed E-state index contributed by atoms with van der Waals surface area (Å²) in [5, 5.41) is 18.1. The fourth-order valence-electron chi connectivity index (χ4n) is 10.4. The molecular weight excluding hydrogens is 661 g/mol. The summed E-state index contributed by atoms with van der Waals surface area (Å²) >= 11 is 0. The summed E-state index contributed by atoms with van der Waals surface area (Å²) in [6, 6.07) is 68.4. The molecule has 0 bridgehead atoms. The van der Waals surface area contributed by atoms with Crippen molar-refractivity contribution in [3.63, 3.8) is 0 Å². The van der Waals surface area contributed by atoms with Crippen LogP contribution in [0.4, 0.5) is 0 Å². The van der Waals surface area contributed by atoms with E-state index in [1.165, 1.54) is 120 Å². The topological polar surface area (TPSA) is 0 Å². The number of hydrogen-bond acceptors (Lipinski definition) is 0. The first-order chi connectivity index (χ1) is 27.1. The van der Waals surface area contributed by atoms with E-state index in [0.29, 0.717) is 0 Å². The monoisotopic (exact) mass is 696 g/mol. The third-order valence-corrected chi connectivity index (χ3v) is 12.7. The summed E-state index contributed by atoms with van der Waals surface area (Å²) in [6.45, 7) is 4.84. The van der Waals surface area contributed by atoms with E-state index in [9.17, 15) is 0 Å². The average molecular weight is 697 g/mol. The molecule has 0 heteroatoms. The fraction of sp³-hybridized carbons (Fsp3) is 0.0545. The van der Waals surface area contributed by atoms with Crippen LogP contribution in [0.2, 0.25) is 0 Å². The molecule has 256 valence electrons. The fourth-order valence-corrected chi connectivity index (χ4v) is 10.4. The summed E-state index contributed by atoms with van der Waals surface area (Å²) in [7, 11) is 0. The molecule has 0 saturated heterocycles. The Hall–Kier alpha value is -6.76. The maximum atomic E-state index is 2.49. The number of benzene rings is 11. The quantitative estimate of drug-likeness (QED) is 0.125. The maximum absolute atomic E-state index is 2.49. The Morgan fingerprint density at radius 1 is 0.291 bits per heavy atom. The Morgan fingerprint density at radius 2 is 0.745 bits per heavy atom. The van der Waals surface area contributed by atoms with Gasteiger partial charge in [0.05, 0.1) is 0 Å². The molecule has 0 nitrogen and oxygen atoms in total. The summed E-state index contributed by atoms with van der Waals surface area (Å²) < 4.78 is 0. The number of fused-ring (bicyclic) bond motifs is 14. The van der Waals surface area contributed by atoms with Crippen molar-refractivity contribution in [2.45, 2.75) is 19.3 Å². The lowest BCUT2D eigenvalue weighted by molar-refractivity contribution is 0.667. The molecule has 0 aromatic heterocycles. The van der Waals surface area contributed by atoms with E-state index in [1.54, 1.807) is 0 Å². The third kappa shape index (κ3) is 4.17. The van der Waals surface area contributed by atoms with Crippen molar-refractivity contribution in [2.75, 3.05) is 0 Å². The minimum Gasteiger partial charge on any atom is -0.0616 e. The Labute approximate surface area is 319 Å². The number of rotatable bonds is 2. The number of hydrogen-bond donors (Lipinski definition) is 0. The molecule has 1 aliphatic rings. The second-order valence-corrected chi connectivity index (χ2v) is 16.0. The first-order valence-corrected chi connectivity index (χ1v) is 19.4. The Balaban J connectivity index is 1.17. The first kappa shape index (κ1) is 30.7. The van der Waals surface area contributed by atoms with Gasteiger partial charge in [-0.3, -0.25) is 0 Å². The van der Waals surface area contributed by atoms with Crippen molar-refractivity contribution in [1.29, 1.82) is 0 Å². The van der Waals surface area contributed by atoms with Crippen molar-refractivity contribution >= 4 is 75.4 Å². The van der Waals surface area contributed by atoms with Gasteiger partial charge in [-0.05, 0) is 144 Å². The summed E-state index contributed by atoms with van der Waals surface area (Å²) in [6.07, 6.45) is 0. The molecule has 0 aliphatic heterocycles. The van der Waals surface area contributed by atoms with Gasteiger partial charge in [0, 0.05) is 5.41 Å². The van der Waals surface area contributed by atoms with Gasteiger partial charge in [0.15, 0.2) is 0 Å². The average Bonchev–Trinajstić information content (AvgIpc) is 3.47. The normalized spacial score (nSPS) is 13.4. The van der Waals surface area contributed by atoms with Gasteiger partial charge < -0.3 is 0 Å². The van der Waals surface area contributed by atoms with Crippen molar-refractivity contribution in [3.8, 4) is 33.4 Å². The predicted molar refractivity (Wildman–Crippen MR) is 237 cm³/mol. The van der Waals surface area contributed by atoms with Crippen LogP contribution in [-0.4, -0.2) is 0 Å². The van der Waals surface area contributed by atoms with Gasteiger partial charge >= 0.3 is 0 Å². The molecule has 11 aromatic rings. The zero-order valence-electron chi connectivity index (χ0n) is 30.8. The molecule has 0 amide bonds. The minimum absolute atomic E-state index is 0.151. The molecule has 0 N–H and O–H groups in total. The standard InChI is InChI=1S/C55H36/c1-55(2)50-32-34-16-4-3-15-33(34)29-49(50)53-41-22-10-9-21-40(41)47-31-36(27-28-46(47)54(53)55)51-42-23-11-13-25-44(42)52(45-26-14-12-24-43(45)51)48-30-35-17-5-6-18-37(35)38-19-7-8-20-39(38)48/h3-32H,1-2H3. The van der Waals surface area contributed by atoms with E-state index in [4.69, 9.17) is 0 Å². The zero-order chi connectivity index (χ0) is 36.4. The van der Waals surface area contributed by atoms with Crippen molar-refractivity contribution in [3.05, 3.63) is 193 Å². The second kappa shape index (κ2) is 11.1. The first-order valence-electron chi connectivity index (χ1n) is 19.4. The van der Waals surface area contributed by atoms with Crippen molar-refractivity contribution in [1.82, 2.24) is 0 Å². The van der Waals surface area contributed by atoms with Crippen LogP contribution in [0, 0.1) is 0 Å². The van der Waals surface area contributed by atoms with Crippen molar-refractivity contribution < 1.29 is 0 Å².